The van der Waals surface area contributed by atoms with Gasteiger partial charge in [-0.3, -0.25) is 9.59 Å². The van der Waals surface area contributed by atoms with Gasteiger partial charge in [0, 0.05) is 19.3 Å². The number of hydrogen-bond acceptors (Lipinski definition) is 6. The minimum absolute atomic E-state index is 0.0524. The van der Waals surface area contributed by atoms with Crippen molar-refractivity contribution < 1.29 is 38.2 Å². The average molecular weight is 829 g/mol. The van der Waals surface area contributed by atoms with E-state index in [0.717, 1.165) is 64.2 Å². The quantitative estimate of drug-likeness (QED) is 0.0283. The summed E-state index contributed by atoms with van der Waals surface area (Å²) in [5.74, 6) is -1.50. The lowest BCUT2D eigenvalue weighted by molar-refractivity contribution is -0.887. The number of likely N-dealkylation sites (N-methyl/N-ethyl adjacent to an activating group) is 1. The van der Waals surface area contributed by atoms with Crippen LogP contribution in [-0.2, 0) is 28.6 Å². The standard InChI is InChI=1S/C51H89NO7/c1-6-8-10-12-14-16-18-20-22-24-26-27-29-31-33-35-37-39-41-49(53)58-46-47(45-57-44-43-48(51(55)56)52(3,4)5)59-50(54)42-40-38-36-34-32-30-28-25-23-21-19-17-15-13-11-9-7-2/h10,12,14,16,18,20,22,24,26-27,47-48H,6-9,11,13,15,17,19,21,23,25,28-46H2,1-5H3/p+1/b12-10+,16-14+,20-18+,24-22+,27-26+. The summed E-state index contributed by atoms with van der Waals surface area (Å²) in [6, 6.07) is -0.620. The highest BCUT2D eigenvalue weighted by Gasteiger charge is 2.31. The number of carbonyl (C=O) groups excluding carboxylic acids is 2. The van der Waals surface area contributed by atoms with Crippen molar-refractivity contribution in [1.29, 1.82) is 0 Å². The van der Waals surface area contributed by atoms with Gasteiger partial charge in [-0.15, -0.1) is 0 Å². The molecule has 0 heterocycles. The number of carbonyl (C=O) groups is 3. The van der Waals surface area contributed by atoms with Gasteiger partial charge >= 0.3 is 17.9 Å². The molecule has 59 heavy (non-hydrogen) atoms. The molecule has 1 N–H and O–H groups in total. The summed E-state index contributed by atoms with van der Waals surface area (Å²) in [7, 11) is 5.52. The van der Waals surface area contributed by atoms with E-state index in [1.54, 1.807) is 0 Å². The van der Waals surface area contributed by atoms with E-state index in [2.05, 4.69) is 38.2 Å². The van der Waals surface area contributed by atoms with Crippen molar-refractivity contribution in [1.82, 2.24) is 0 Å². The Morgan fingerprint density at radius 2 is 0.932 bits per heavy atom. The number of hydrogen-bond donors (Lipinski definition) is 1. The molecule has 0 aliphatic carbocycles. The van der Waals surface area contributed by atoms with Crippen LogP contribution in [0.2, 0.25) is 0 Å². The number of nitrogens with zero attached hydrogens (tertiary/aromatic N) is 1. The van der Waals surface area contributed by atoms with Gasteiger partial charge in [0.05, 0.1) is 34.4 Å². The Morgan fingerprint density at radius 1 is 0.508 bits per heavy atom. The molecule has 0 rings (SSSR count). The van der Waals surface area contributed by atoms with Crippen LogP contribution in [0, 0.1) is 0 Å². The second-order valence-electron chi connectivity index (χ2n) is 17.1. The summed E-state index contributed by atoms with van der Waals surface area (Å²) < 4.78 is 17.3. The van der Waals surface area contributed by atoms with Crippen molar-refractivity contribution in [3.8, 4) is 0 Å². The molecule has 0 saturated carbocycles. The van der Waals surface area contributed by atoms with Crippen LogP contribution >= 0.6 is 0 Å². The van der Waals surface area contributed by atoms with Crippen LogP contribution in [0.4, 0.5) is 0 Å². The number of carboxylic acid groups (broad SMARTS) is 1. The monoisotopic (exact) mass is 829 g/mol. The van der Waals surface area contributed by atoms with Crippen molar-refractivity contribution in [2.24, 2.45) is 0 Å². The first kappa shape index (κ1) is 56.0. The minimum Gasteiger partial charge on any atom is -0.477 e. The van der Waals surface area contributed by atoms with E-state index in [9.17, 15) is 19.5 Å². The molecule has 2 atom stereocenters. The molecular weight excluding hydrogens is 739 g/mol. The molecule has 0 aromatic carbocycles. The van der Waals surface area contributed by atoms with Crippen LogP contribution in [0.3, 0.4) is 0 Å². The highest BCUT2D eigenvalue weighted by molar-refractivity contribution is 5.72. The molecular formula is C51H90NO7+. The molecule has 340 valence electrons. The lowest BCUT2D eigenvalue weighted by Gasteiger charge is -2.31. The van der Waals surface area contributed by atoms with E-state index in [1.165, 1.54) is 96.3 Å². The Hall–Kier alpha value is -2.97. The van der Waals surface area contributed by atoms with Crippen molar-refractivity contribution in [2.75, 3.05) is 41.0 Å². The van der Waals surface area contributed by atoms with Gasteiger partial charge < -0.3 is 23.8 Å². The van der Waals surface area contributed by atoms with Gasteiger partial charge in [0.25, 0.3) is 0 Å². The van der Waals surface area contributed by atoms with Crippen molar-refractivity contribution in [3.05, 3.63) is 60.8 Å². The topological polar surface area (TPSA) is 99.1 Å². The second-order valence-corrected chi connectivity index (χ2v) is 17.1. The van der Waals surface area contributed by atoms with E-state index >= 15 is 0 Å². The molecule has 0 bridgehead atoms. The first-order valence-corrected chi connectivity index (χ1v) is 23.9. The maximum atomic E-state index is 12.8. The lowest BCUT2D eigenvalue weighted by Crippen LogP contribution is -2.50. The Kier molecular flexibility index (Phi) is 39.6. The Labute approximate surface area is 362 Å². The normalized spacial score (nSPS) is 13.4. The van der Waals surface area contributed by atoms with Gasteiger partial charge in [-0.2, -0.15) is 0 Å². The third-order valence-corrected chi connectivity index (χ3v) is 10.5. The van der Waals surface area contributed by atoms with E-state index in [-0.39, 0.29) is 36.2 Å². The van der Waals surface area contributed by atoms with Gasteiger partial charge in [-0.1, -0.05) is 203 Å². The van der Waals surface area contributed by atoms with E-state index < -0.39 is 18.1 Å². The fourth-order valence-corrected chi connectivity index (χ4v) is 6.83. The van der Waals surface area contributed by atoms with Crippen LogP contribution in [0.15, 0.2) is 60.8 Å². The van der Waals surface area contributed by atoms with Gasteiger partial charge in [-0.05, 0) is 32.1 Å². The molecule has 0 aliphatic heterocycles. The number of quaternary nitrogens is 1. The lowest BCUT2D eigenvalue weighted by atomic mass is 10.0. The van der Waals surface area contributed by atoms with Gasteiger partial charge in [0.15, 0.2) is 12.1 Å². The van der Waals surface area contributed by atoms with Crippen LogP contribution in [0.5, 0.6) is 0 Å². The Bertz CT molecular complexity index is 1150. The fraction of sp³-hybridized carbons (Fsp3) is 0.745. The second kappa shape index (κ2) is 41.8. The summed E-state index contributed by atoms with van der Waals surface area (Å²) in [5.41, 5.74) is 0. The zero-order chi connectivity index (χ0) is 43.5. The smallest absolute Gasteiger partial charge is 0.362 e. The van der Waals surface area contributed by atoms with Crippen LogP contribution in [-0.4, -0.2) is 80.6 Å². The minimum atomic E-state index is -0.879. The zero-order valence-electron chi connectivity index (χ0n) is 38.7. The summed E-state index contributed by atoms with van der Waals surface area (Å²) in [6.07, 6.45) is 51.1. The number of rotatable bonds is 42. The third-order valence-electron chi connectivity index (χ3n) is 10.5. The van der Waals surface area contributed by atoms with Gasteiger partial charge in [0.1, 0.15) is 6.61 Å². The van der Waals surface area contributed by atoms with E-state index in [0.29, 0.717) is 19.3 Å². The number of esters is 2. The first-order valence-electron chi connectivity index (χ1n) is 23.9. The van der Waals surface area contributed by atoms with E-state index in [4.69, 9.17) is 14.2 Å². The molecule has 0 radical (unpaired) electrons. The number of allylic oxidation sites excluding steroid dienone is 10. The van der Waals surface area contributed by atoms with Gasteiger partial charge in [0.2, 0.25) is 0 Å². The van der Waals surface area contributed by atoms with Crippen molar-refractivity contribution >= 4 is 17.9 Å². The molecule has 0 aromatic heterocycles. The molecule has 2 unspecified atom stereocenters. The number of carboxylic acids is 1. The SMILES string of the molecule is CCC/C=C/C=C/C=C/C=C/C=C/CCCCCCCC(=O)OCC(COCCC(C(=O)O)[N+](C)(C)C)OC(=O)CCCCCCCCCCCCCCCCCCC. The predicted molar refractivity (Wildman–Crippen MR) is 247 cm³/mol. The first-order chi connectivity index (χ1) is 28.6. The highest BCUT2D eigenvalue weighted by atomic mass is 16.6. The Morgan fingerprint density at radius 3 is 1.39 bits per heavy atom. The predicted octanol–water partition coefficient (Wildman–Crippen LogP) is 13.4. The fourth-order valence-electron chi connectivity index (χ4n) is 6.83. The molecule has 0 fully saturated rings. The van der Waals surface area contributed by atoms with Crippen molar-refractivity contribution in [3.63, 3.8) is 0 Å². The van der Waals surface area contributed by atoms with Crippen LogP contribution < -0.4 is 0 Å². The average Bonchev–Trinajstić information content (AvgIpc) is 3.19. The van der Waals surface area contributed by atoms with Crippen LogP contribution in [0.1, 0.15) is 194 Å². The van der Waals surface area contributed by atoms with Crippen LogP contribution in [0.25, 0.3) is 0 Å². The number of aliphatic carboxylic acids is 1. The molecule has 8 nitrogen and oxygen atoms in total. The molecule has 0 aliphatic rings. The zero-order valence-corrected chi connectivity index (χ0v) is 38.7. The maximum absolute atomic E-state index is 12.8. The summed E-state index contributed by atoms with van der Waals surface area (Å²) >= 11 is 0. The molecule has 0 saturated heterocycles. The summed E-state index contributed by atoms with van der Waals surface area (Å²) in [4.78, 5) is 37.1. The highest BCUT2D eigenvalue weighted by Crippen LogP contribution is 2.15. The molecule has 0 amide bonds. The van der Waals surface area contributed by atoms with Gasteiger partial charge in [-0.25, -0.2) is 4.79 Å². The maximum Gasteiger partial charge on any atom is 0.362 e. The van der Waals surface area contributed by atoms with E-state index in [1.807, 2.05) is 57.6 Å². The number of ether oxygens (including phenoxy) is 3. The van der Waals surface area contributed by atoms with Crippen molar-refractivity contribution in [2.45, 2.75) is 206 Å². The molecule has 8 heteroatoms. The number of unbranched alkanes of at least 4 members (excludes halogenated alkanes) is 22. The Balaban J connectivity index is 4.35. The molecule has 0 spiro atoms. The third kappa shape index (κ3) is 40.2. The molecule has 0 aromatic rings. The summed E-state index contributed by atoms with van der Waals surface area (Å²) in [5, 5.41) is 9.64. The summed E-state index contributed by atoms with van der Waals surface area (Å²) in [6.45, 7) is 4.63. The largest absolute Gasteiger partial charge is 0.477 e.